The second-order valence-corrected chi connectivity index (χ2v) is 13.9. The molecule has 260 valence electrons. The number of rotatable bonds is 13. The first-order valence-electron chi connectivity index (χ1n) is 15.4. The van der Waals surface area contributed by atoms with Crippen molar-refractivity contribution in [1.29, 1.82) is 0 Å². The number of halogens is 5. The number of hydrogen-bond acceptors (Lipinski definition) is 4. The van der Waals surface area contributed by atoms with Crippen LogP contribution in [0.2, 0.25) is 5.02 Å². The largest absolute Gasteiger partial charge is 0.417 e. The van der Waals surface area contributed by atoms with Gasteiger partial charge in [-0.05, 0) is 62.2 Å². The van der Waals surface area contributed by atoms with Crippen LogP contribution in [-0.2, 0) is 38.8 Å². The number of hydrogen-bond donors (Lipinski definition) is 1. The van der Waals surface area contributed by atoms with Gasteiger partial charge in [0.2, 0.25) is 11.8 Å². The van der Waals surface area contributed by atoms with Crippen molar-refractivity contribution in [3.63, 3.8) is 0 Å². The van der Waals surface area contributed by atoms with E-state index in [0.717, 1.165) is 22.6 Å². The maximum atomic E-state index is 15.1. The third-order valence-corrected chi connectivity index (χ3v) is 10.1. The van der Waals surface area contributed by atoms with E-state index in [1.807, 2.05) is 6.92 Å². The van der Waals surface area contributed by atoms with E-state index in [-0.39, 0.29) is 22.9 Å². The second-order valence-electron chi connectivity index (χ2n) is 11.6. The molecular formula is C36H36ClF4N3O4S. The van der Waals surface area contributed by atoms with Crippen LogP contribution in [0.5, 0.6) is 0 Å². The van der Waals surface area contributed by atoms with Gasteiger partial charge in [0.05, 0.1) is 21.2 Å². The summed E-state index contributed by atoms with van der Waals surface area (Å²) >= 11 is 5.86. The lowest BCUT2D eigenvalue weighted by Gasteiger charge is -2.34. The molecule has 0 aromatic heterocycles. The normalized spacial score (nSPS) is 13.0. The van der Waals surface area contributed by atoms with Gasteiger partial charge in [0.15, 0.2) is 0 Å². The highest BCUT2D eigenvalue weighted by Crippen LogP contribution is 2.38. The van der Waals surface area contributed by atoms with Crippen LogP contribution in [0.1, 0.15) is 42.5 Å². The van der Waals surface area contributed by atoms with Crippen molar-refractivity contribution in [3.05, 3.63) is 130 Å². The van der Waals surface area contributed by atoms with Crippen LogP contribution >= 0.6 is 11.6 Å². The fraction of sp³-hybridized carbons (Fsp3) is 0.278. The summed E-state index contributed by atoms with van der Waals surface area (Å²) in [6.45, 7) is 3.89. The molecule has 1 N–H and O–H groups in total. The number of nitrogens with one attached hydrogen (secondary N) is 1. The Bertz CT molecular complexity index is 1870. The number of alkyl halides is 3. The lowest BCUT2D eigenvalue weighted by atomic mass is 10.0. The van der Waals surface area contributed by atoms with Gasteiger partial charge in [-0.25, -0.2) is 12.8 Å². The van der Waals surface area contributed by atoms with Crippen molar-refractivity contribution < 1.29 is 35.6 Å². The van der Waals surface area contributed by atoms with E-state index in [9.17, 15) is 31.2 Å². The molecule has 0 heterocycles. The number of sulfonamides is 1. The SMILES string of the molecule is CC[C@@H](C)NC(=O)[C@H](Cc1ccccc1)N(Cc1ccccc1F)C(=O)CN(c1ccc(Cl)c(C(F)(F)F)c1)S(=O)(=O)c1ccc(C)cc1. The average Bonchev–Trinajstić information content (AvgIpc) is 3.06. The molecule has 7 nitrogen and oxygen atoms in total. The molecule has 4 rings (SSSR count). The number of anilines is 1. The second kappa shape index (κ2) is 15.9. The van der Waals surface area contributed by atoms with E-state index in [1.54, 1.807) is 50.2 Å². The van der Waals surface area contributed by atoms with Crippen molar-refractivity contribution >= 4 is 39.1 Å². The van der Waals surface area contributed by atoms with Crippen molar-refractivity contribution in [3.8, 4) is 0 Å². The molecule has 4 aromatic rings. The Labute approximate surface area is 288 Å². The Morgan fingerprint density at radius 1 is 0.918 bits per heavy atom. The highest BCUT2D eigenvalue weighted by atomic mass is 35.5. The summed E-state index contributed by atoms with van der Waals surface area (Å²) in [5.74, 6) is -2.19. The first-order chi connectivity index (χ1) is 23.1. The molecule has 0 fully saturated rings. The van der Waals surface area contributed by atoms with E-state index < -0.39 is 69.2 Å². The number of carbonyl (C=O) groups excluding carboxylic acids is 2. The van der Waals surface area contributed by atoms with Crippen LogP contribution in [0, 0.1) is 12.7 Å². The fourth-order valence-corrected chi connectivity index (χ4v) is 6.69. The van der Waals surface area contributed by atoms with Gasteiger partial charge < -0.3 is 10.2 Å². The molecule has 49 heavy (non-hydrogen) atoms. The average molecular weight is 718 g/mol. The van der Waals surface area contributed by atoms with Gasteiger partial charge in [-0.2, -0.15) is 13.2 Å². The van der Waals surface area contributed by atoms with Crippen LogP contribution in [0.4, 0.5) is 23.2 Å². The summed E-state index contributed by atoms with van der Waals surface area (Å²) in [5, 5.41) is 2.20. The lowest BCUT2D eigenvalue weighted by Crippen LogP contribution is -2.54. The predicted molar refractivity (Wildman–Crippen MR) is 181 cm³/mol. The highest BCUT2D eigenvalue weighted by Gasteiger charge is 2.38. The number of nitrogens with zero attached hydrogens (tertiary/aromatic N) is 2. The van der Waals surface area contributed by atoms with Gasteiger partial charge in [-0.15, -0.1) is 0 Å². The van der Waals surface area contributed by atoms with Crippen molar-refractivity contribution in [2.24, 2.45) is 0 Å². The van der Waals surface area contributed by atoms with Crippen molar-refractivity contribution in [2.45, 2.75) is 63.3 Å². The minimum absolute atomic E-state index is 0.0207. The summed E-state index contributed by atoms with van der Waals surface area (Å²) in [6.07, 6.45) is -4.40. The molecule has 0 saturated heterocycles. The Morgan fingerprint density at radius 2 is 1.55 bits per heavy atom. The van der Waals surface area contributed by atoms with Crippen molar-refractivity contribution in [2.75, 3.05) is 10.8 Å². The van der Waals surface area contributed by atoms with Gasteiger partial charge in [0.25, 0.3) is 10.0 Å². The highest BCUT2D eigenvalue weighted by molar-refractivity contribution is 7.92. The van der Waals surface area contributed by atoms with E-state index in [0.29, 0.717) is 22.4 Å². The van der Waals surface area contributed by atoms with Crippen LogP contribution in [-0.4, -0.2) is 43.8 Å². The van der Waals surface area contributed by atoms with Gasteiger partial charge in [0, 0.05) is 24.6 Å². The first kappa shape index (κ1) is 37.4. The zero-order valence-electron chi connectivity index (χ0n) is 27.0. The Hall–Kier alpha value is -4.42. The molecule has 0 radical (unpaired) electrons. The minimum Gasteiger partial charge on any atom is -0.352 e. The molecule has 0 aliphatic rings. The quantitative estimate of drug-likeness (QED) is 0.145. The van der Waals surface area contributed by atoms with E-state index in [1.165, 1.54) is 42.5 Å². The van der Waals surface area contributed by atoms with E-state index >= 15 is 4.39 Å². The summed E-state index contributed by atoms with van der Waals surface area (Å²) in [6, 6.07) is 20.9. The van der Waals surface area contributed by atoms with Crippen LogP contribution in [0.3, 0.4) is 0 Å². The third kappa shape index (κ3) is 9.39. The van der Waals surface area contributed by atoms with E-state index in [2.05, 4.69) is 5.32 Å². The zero-order valence-corrected chi connectivity index (χ0v) is 28.6. The van der Waals surface area contributed by atoms with Crippen LogP contribution < -0.4 is 9.62 Å². The molecule has 4 aromatic carbocycles. The lowest BCUT2D eigenvalue weighted by molar-refractivity contribution is -0.140. The number of benzene rings is 4. The number of amides is 2. The van der Waals surface area contributed by atoms with Crippen LogP contribution in [0.25, 0.3) is 0 Å². The third-order valence-electron chi connectivity index (χ3n) is 8.00. The fourth-order valence-electron chi connectivity index (χ4n) is 5.06. The summed E-state index contributed by atoms with van der Waals surface area (Å²) in [5.41, 5.74) is -0.361. The maximum absolute atomic E-state index is 15.1. The Kier molecular flexibility index (Phi) is 12.1. The minimum atomic E-state index is -4.94. The molecule has 0 aliphatic heterocycles. The molecule has 0 spiro atoms. The van der Waals surface area contributed by atoms with Crippen LogP contribution in [0.15, 0.2) is 102 Å². The molecule has 2 amide bonds. The molecule has 0 saturated carbocycles. The van der Waals surface area contributed by atoms with Gasteiger partial charge >= 0.3 is 6.18 Å². The Morgan fingerprint density at radius 3 is 2.16 bits per heavy atom. The molecule has 0 aliphatic carbocycles. The van der Waals surface area contributed by atoms with Gasteiger partial charge in [-0.3, -0.25) is 13.9 Å². The standard InChI is InChI=1S/C36H36ClF4N3O4S/c1-4-25(3)42-35(46)33(20-26-10-6-5-7-11-26)43(22-27-12-8-9-13-32(27)38)34(45)23-44(49(47,48)29-17-14-24(2)15-18-29)28-16-19-31(37)30(21-28)36(39,40)41/h5-19,21,25,33H,4,20,22-23H2,1-3H3,(H,42,46)/t25-,33+/m1/s1. The van der Waals surface area contributed by atoms with E-state index in [4.69, 9.17) is 11.6 Å². The van der Waals surface area contributed by atoms with Gasteiger partial charge in [-0.1, -0.05) is 84.8 Å². The summed E-state index contributed by atoms with van der Waals surface area (Å²) in [4.78, 5) is 29.1. The molecular weight excluding hydrogens is 682 g/mol. The first-order valence-corrected chi connectivity index (χ1v) is 17.3. The molecule has 13 heteroatoms. The number of carbonyl (C=O) groups is 2. The zero-order chi connectivity index (χ0) is 35.9. The predicted octanol–water partition coefficient (Wildman–Crippen LogP) is 7.56. The van der Waals surface area contributed by atoms with Gasteiger partial charge in [0.1, 0.15) is 18.4 Å². The summed E-state index contributed by atoms with van der Waals surface area (Å²) < 4.78 is 85.8. The molecule has 0 bridgehead atoms. The number of aryl methyl sites for hydroxylation is 1. The topological polar surface area (TPSA) is 86.8 Å². The smallest absolute Gasteiger partial charge is 0.352 e. The maximum Gasteiger partial charge on any atom is 0.417 e. The molecule has 0 unspecified atom stereocenters. The monoisotopic (exact) mass is 717 g/mol. The van der Waals surface area contributed by atoms with Crippen molar-refractivity contribution in [1.82, 2.24) is 10.2 Å². The Balaban J connectivity index is 1.88. The summed E-state index contributed by atoms with van der Waals surface area (Å²) in [7, 11) is -4.68. The molecule has 2 atom stereocenters.